The lowest BCUT2D eigenvalue weighted by molar-refractivity contribution is -0.140. The third-order valence-electron chi connectivity index (χ3n) is 3.88. The third-order valence-corrected chi connectivity index (χ3v) is 3.88. The molecule has 0 amide bonds. The molecule has 3 aromatic carbocycles. The maximum Gasteiger partial charge on any atom is 0.332 e. The van der Waals surface area contributed by atoms with Crippen LogP contribution in [0.3, 0.4) is 0 Å². The number of rotatable bonds is 6. The predicted octanol–water partition coefficient (Wildman–Crippen LogP) is 4.78. The molecule has 0 aliphatic carbocycles. The number of nitrogens with zero attached hydrogens (tertiary/aromatic N) is 2. The second-order valence-corrected chi connectivity index (χ2v) is 5.92. The number of carbonyl (C=O) groups excluding carboxylic acids is 1. The Kier molecular flexibility index (Phi) is 6.31. The van der Waals surface area contributed by atoms with E-state index in [1.807, 2.05) is 84.9 Å². The summed E-state index contributed by atoms with van der Waals surface area (Å²) in [6.45, 7) is 1.31. The van der Waals surface area contributed by atoms with Crippen molar-refractivity contribution in [1.82, 2.24) is 0 Å². The van der Waals surface area contributed by atoms with Gasteiger partial charge in [0.25, 0.3) is 0 Å². The van der Waals surface area contributed by atoms with Crippen molar-refractivity contribution in [3.63, 3.8) is 0 Å². The normalized spacial score (nSPS) is 11.8. The summed E-state index contributed by atoms with van der Waals surface area (Å²) in [7, 11) is 1.61. The van der Waals surface area contributed by atoms with Crippen molar-refractivity contribution >= 4 is 23.1 Å². The van der Waals surface area contributed by atoms with Crippen molar-refractivity contribution < 1.29 is 14.4 Å². The number of ether oxygens (including phenoxy) is 1. The average Bonchev–Trinajstić information content (AvgIpc) is 2.74. The molecule has 5 nitrogen and oxygen atoms in total. The smallest absolute Gasteiger partial charge is 0.332 e. The molecule has 0 fully saturated rings. The summed E-state index contributed by atoms with van der Waals surface area (Å²) in [5.74, 6) is 0.203. The number of benzene rings is 3. The number of aliphatic imine (C=N–C) groups is 1. The highest BCUT2D eigenvalue weighted by atomic mass is 16.7. The Bertz CT molecular complexity index is 997. The number of hydrogen-bond acceptors (Lipinski definition) is 5. The molecule has 5 heteroatoms. The Hall–Kier alpha value is -3.73. The molecule has 0 bridgehead atoms. The van der Waals surface area contributed by atoms with Crippen LogP contribution in [-0.4, -0.2) is 24.5 Å². The molecule has 0 aliphatic rings. The molecule has 0 atom stereocenters. The zero-order valence-electron chi connectivity index (χ0n) is 15.7. The summed E-state index contributed by atoms with van der Waals surface area (Å²) in [5, 5.41) is 4.11. The summed E-state index contributed by atoms with van der Waals surface area (Å²) in [4.78, 5) is 21.2. The van der Waals surface area contributed by atoms with E-state index in [0.29, 0.717) is 22.9 Å². The molecule has 0 N–H and O–H groups in total. The summed E-state index contributed by atoms with van der Waals surface area (Å²) in [5.41, 5.74) is 3.38. The highest BCUT2D eigenvalue weighted by molar-refractivity contribution is 6.53. The fourth-order valence-corrected chi connectivity index (χ4v) is 2.60. The quantitative estimate of drug-likeness (QED) is 0.355. The van der Waals surface area contributed by atoms with Crippen LogP contribution in [0, 0.1) is 0 Å². The van der Waals surface area contributed by atoms with E-state index in [9.17, 15) is 4.79 Å². The van der Waals surface area contributed by atoms with E-state index in [0.717, 1.165) is 11.1 Å². The van der Waals surface area contributed by atoms with Gasteiger partial charge in [-0.15, -0.1) is 0 Å². The van der Waals surface area contributed by atoms with Gasteiger partial charge < -0.3 is 9.57 Å². The van der Waals surface area contributed by atoms with Crippen LogP contribution in [0.25, 0.3) is 0 Å². The molecule has 0 spiro atoms. The van der Waals surface area contributed by atoms with Gasteiger partial charge in [-0.25, -0.2) is 9.79 Å². The largest absolute Gasteiger partial charge is 0.497 e. The second kappa shape index (κ2) is 9.28. The molecule has 28 heavy (non-hydrogen) atoms. The lowest BCUT2D eigenvalue weighted by Crippen LogP contribution is -2.18. The fourth-order valence-electron chi connectivity index (χ4n) is 2.60. The lowest BCUT2D eigenvalue weighted by atomic mass is 9.99. The maximum atomic E-state index is 11.4. The van der Waals surface area contributed by atoms with E-state index in [1.54, 1.807) is 7.11 Å². The van der Waals surface area contributed by atoms with Gasteiger partial charge in [-0.1, -0.05) is 71.9 Å². The summed E-state index contributed by atoms with van der Waals surface area (Å²) in [6, 6.07) is 26.6. The lowest BCUT2D eigenvalue weighted by Gasteiger charge is -2.11. The minimum Gasteiger partial charge on any atom is -0.497 e. The van der Waals surface area contributed by atoms with Crippen LogP contribution in [0.2, 0.25) is 0 Å². The molecular formula is C23H20N2O3. The molecule has 140 valence electrons. The Labute approximate surface area is 164 Å². The molecule has 3 aromatic rings. The number of hydrogen-bond donors (Lipinski definition) is 0. The highest BCUT2D eigenvalue weighted by Gasteiger charge is 2.16. The molecule has 0 unspecified atom stereocenters. The van der Waals surface area contributed by atoms with Gasteiger partial charge in [-0.3, -0.25) is 0 Å². The van der Waals surface area contributed by atoms with Gasteiger partial charge in [0.15, 0.2) is 0 Å². The first-order valence-corrected chi connectivity index (χ1v) is 8.77. The van der Waals surface area contributed by atoms with Gasteiger partial charge in [0, 0.05) is 24.1 Å². The fraction of sp³-hybridized carbons (Fsp3) is 0.0870. The van der Waals surface area contributed by atoms with Gasteiger partial charge in [0.2, 0.25) is 0 Å². The Morgan fingerprint density at radius 2 is 1.39 bits per heavy atom. The van der Waals surface area contributed by atoms with E-state index < -0.39 is 5.97 Å². The standard InChI is InChI=1S/C23H20N2O3/c1-17(26)28-25-23(19-12-7-4-8-13-19)22(18-10-5-3-6-11-18)24-20-14-9-15-21(16-20)27-2/h3-16H,1-2H3/b24-22?,25-23-. The van der Waals surface area contributed by atoms with Crippen molar-refractivity contribution in [1.29, 1.82) is 0 Å². The van der Waals surface area contributed by atoms with Crippen LogP contribution in [0.4, 0.5) is 5.69 Å². The third kappa shape index (κ3) is 4.92. The van der Waals surface area contributed by atoms with Crippen LogP contribution in [0.15, 0.2) is 95.1 Å². The van der Waals surface area contributed by atoms with Crippen LogP contribution in [0.5, 0.6) is 5.75 Å². The minimum atomic E-state index is -0.498. The topological polar surface area (TPSA) is 60.3 Å². The van der Waals surface area contributed by atoms with E-state index in [1.165, 1.54) is 6.92 Å². The molecule has 0 radical (unpaired) electrons. The molecule has 0 saturated carbocycles. The van der Waals surface area contributed by atoms with E-state index in [4.69, 9.17) is 14.6 Å². The van der Waals surface area contributed by atoms with Crippen LogP contribution < -0.4 is 4.74 Å². The first-order valence-electron chi connectivity index (χ1n) is 8.77. The molecule has 0 aromatic heterocycles. The summed E-state index contributed by atoms with van der Waals surface area (Å²) < 4.78 is 5.30. The van der Waals surface area contributed by atoms with Crippen LogP contribution in [0.1, 0.15) is 18.1 Å². The monoisotopic (exact) mass is 372 g/mol. The van der Waals surface area contributed by atoms with Crippen molar-refractivity contribution in [2.45, 2.75) is 6.92 Å². The molecule has 0 aliphatic heterocycles. The molecule has 0 saturated heterocycles. The first kappa shape index (κ1) is 19.0. The van der Waals surface area contributed by atoms with Crippen molar-refractivity contribution in [2.24, 2.45) is 10.1 Å². The highest BCUT2D eigenvalue weighted by Crippen LogP contribution is 2.22. The van der Waals surface area contributed by atoms with Crippen LogP contribution in [-0.2, 0) is 9.63 Å². The zero-order valence-corrected chi connectivity index (χ0v) is 15.7. The van der Waals surface area contributed by atoms with Gasteiger partial charge in [-0.2, -0.15) is 0 Å². The average molecular weight is 372 g/mol. The summed E-state index contributed by atoms with van der Waals surface area (Å²) in [6.07, 6.45) is 0. The molecule has 3 rings (SSSR count). The molecule has 0 heterocycles. The van der Waals surface area contributed by atoms with Gasteiger partial charge in [0.1, 0.15) is 17.2 Å². The number of methoxy groups -OCH3 is 1. The van der Waals surface area contributed by atoms with Gasteiger partial charge in [-0.05, 0) is 12.1 Å². The Morgan fingerprint density at radius 1 is 0.786 bits per heavy atom. The molecular weight excluding hydrogens is 352 g/mol. The van der Waals surface area contributed by atoms with Crippen molar-refractivity contribution in [3.8, 4) is 5.75 Å². The maximum absolute atomic E-state index is 11.4. The van der Waals surface area contributed by atoms with E-state index in [2.05, 4.69) is 5.16 Å². The SMILES string of the molecule is COc1cccc(N=C(/C(=N\OC(C)=O)c2ccccc2)c2ccccc2)c1. The van der Waals surface area contributed by atoms with E-state index >= 15 is 0 Å². The first-order chi connectivity index (χ1) is 13.7. The second-order valence-electron chi connectivity index (χ2n) is 5.92. The number of carbonyl (C=O) groups is 1. The van der Waals surface area contributed by atoms with Crippen LogP contribution >= 0.6 is 0 Å². The van der Waals surface area contributed by atoms with E-state index in [-0.39, 0.29) is 0 Å². The summed E-state index contributed by atoms with van der Waals surface area (Å²) >= 11 is 0. The Balaban J connectivity index is 2.19. The van der Waals surface area contributed by atoms with Gasteiger partial charge >= 0.3 is 5.97 Å². The zero-order chi connectivity index (χ0) is 19.8. The van der Waals surface area contributed by atoms with Gasteiger partial charge in [0.05, 0.1) is 12.8 Å². The predicted molar refractivity (Wildman–Crippen MR) is 110 cm³/mol. The minimum absolute atomic E-state index is 0.463. The van der Waals surface area contributed by atoms with Crippen molar-refractivity contribution in [3.05, 3.63) is 96.1 Å². The number of oxime groups is 1. The van der Waals surface area contributed by atoms with Crippen molar-refractivity contribution in [2.75, 3.05) is 7.11 Å². The Morgan fingerprint density at radius 3 is 1.96 bits per heavy atom.